The van der Waals surface area contributed by atoms with Crippen molar-refractivity contribution in [1.82, 2.24) is 5.32 Å². The Morgan fingerprint density at radius 2 is 2.00 bits per heavy atom. The van der Waals surface area contributed by atoms with E-state index in [0.29, 0.717) is 12.5 Å². The molecule has 0 aromatic heterocycles. The fourth-order valence-electron chi connectivity index (χ4n) is 1.46. The normalized spacial score (nSPS) is 12.1. The zero-order chi connectivity index (χ0) is 11.1. The molecule has 0 heterocycles. The Balaban J connectivity index is 2.37. The molecule has 2 heteroatoms. The van der Waals surface area contributed by atoms with Gasteiger partial charge in [-0.1, -0.05) is 29.8 Å². The predicted molar refractivity (Wildman–Crippen MR) is 62.4 cm³/mol. The molecule has 15 heavy (non-hydrogen) atoms. The quantitative estimate of drug-likeness (QED) is 0.745. The van der Waals surface area contributed by atoms with Gasteiger partial charge in [0.15, 0.2) is 0 Å². The van der Waals surface area contributed by atoms with Crippen molar-refractivity contribution in [3.8, 4) is 6.07 Å². The molecule has 0 saturated carbocycles. The minimum absolute atomic E-state index is 0.365. The molecule has 1 N–H and O–H groups in total. The minimum atomic E-state index is 0.365. The second-order valence-electron chi connectivity index (χ2n) is 3.85. The van der Waals surface area contributed by atoms with Gasteiger partial charge in [-0.15, -0.1) is 0 Å². The smallest absolute Gasteiger partial charge is 0.0622 e. The van der Waals surface area contributed by atoms with E-state index in [9.17, 15) is 0 Å². The molecule has 0 unspecified atom stereocenters. The number of nitriles is 1. The van der Waals surface area contributed by atoms with Gasteiger partial charge in [-0.05, 0) is 32.4 Å². The highest BCUT2D eigenvalue weighted by atomic mass is 14.9. The van der Waals surface area contributed by atoms with Crippen molar-refractivity contribution in [3.05, 3.63) is 35.4 Å². The third kappa shape index (κ3) is 4.14. The van der Waals surface area contributed by atoms with Crippen molar-refractivity contribution in [3.63, 3.8) is 0 Å². The first-order chi connectivity index (χ1) is 7.24. The monoisotopic (exact) mass is 202 g/mol. The zero-order valence-corrected chi connectivity index (χ0v) is 9.46. The van der Waals surface area contributed by atoms with E-state index < -0.39 is 0 Å². The highest BCUT2D eigenvalue weighted by Gasteiger charge is 2.02. The van der Waals surface area contributed by atoms with Gasteiger partial charge in [-0.2, -0.15) is 5.26 Å². The SMILES string of the molecule is Cc1ccc([C@@H](C)NCCCC#N)cc1. The molecule has 0 bridgehead atoms. The molecule has 0 radical (unpaired) electrons. The van der Waals surface area contributed by atoms with E-state index in [4.69, 9.17) is 5.26 Å². The van der Waals surface area contributed by atoms with E-state index in [0.717, 1.165) is 13.0 Å². The summed E-state index contributed by atoms with van der Waals surface area (Å²) in [6.07, 6.45) is 1.56. The lowest BCUT2D eigenvalue weighted by molar-refractivity contribution is 0.562. The predicted octanol–water partition coefficient (Wildman–Crippen LogP) is 2.95. The van der Waals surface area contributed by atoms with Gasteiger partial charge in [-0.25, -0.2) is 0 Å². The van der Waals surface area contributed by atoms with E-state index in [-0.39, 0.29) is 0 Å². The van der Waals surface area contributed by atoms with Crippen molar-refractivity contribution in [2.75, 3.05) is 6.54 Å². The third-order valence-corrected chi connectivity index (χ3v) is 2.49. The summed E-state index contributed by atoms with van der Waals surface area (Å²) < 4.78 is 0. The van der Waals surface area contributed by atoms with Gasteiger partial charge in [0, 0.05) is 12.5 Å². The lowest BCUT2D eigenvalue weighted by atomic mass is 10.1. The highest BCUT2D eigenvalue weighted by molar-refractivity contribution is 5.23. The first kappa shape index (κ1) is 11.7. The number of nitrogens with one attached hydrogen (secondary N) is 1. The van der Waals surface area contributed by atoms with Crippen LogP contribution in [0.1, 0.15) is 36.9 Å². The molecule has 0 aliphatic rings. The summed E-state index contributed by atoms with van der Waals surface area (Å²) in [5.74, 6) is 0. The molecule has 0 aliphatic heterocycles. The Kier molecular flexibility index (Phi) is 4.86. The molecular formula is C13H18N2. The molecule has 0 spiro atoms. The number of unbranched alkanes of at least 4 members (excludes halogenated alkanes) is 1. The van der Waals surface area contributed by atoms with E-state index in [2.05, 4.69) is 49.5 Å². The van der Waals surface area contributed by atoms with Crippen LogP contribution in [0.4, 0.5) is 0 Å². The van der Waals surface area contributed by atoms with Gasteiger partial charge in [0.05, 0.1) is 6.07 Å². The van der Waals surface area contributed by atoms with Crippen LogP contribution in [-0.4, -0.2) is 6.54 Å². The van der Waals surface area contributed by atoms with Crippen LogP contribution < -0.4 is 5.32 Å². The second kappa shape index (κ2) is 6.21. The Morgan fingerprint density at radius 1 is 1.33 bits per heavy atom. The van der Waals surface area contributed by atoms with Gasteiger partial charge >= 0.3 is 0 Å². The van der Waals surface area contributed by atoms with E-state index in [1.54, 1.807) is 0 Å². The topological polar surface area (TPSA) is 35.8 Å². The lowest BCUT2D eigenvalue weighted by Gasteiger charge is -2.13. The molecule has 80 valence electrons. The summed E-state index contributed by atoms with van der Waals surface area (Å²) in [5, 5.41) is 11.8. The van der Waals surface area contributed by atoms with Crippen molar-refractivity contribution in [2.24, 2.45) is 0 Å². The van der Waals surface area contributed by atoms with Crippen LogP contribution in [0.25, 0.3) is 0 Å². The summed E-state index contributed by atoms with van der Waals surface area (Å²) >= 11 is 0. The standard InChI is InChI=1S/C13H18N2/c1-11-5-7-13(8-6-11)12(2)15-10-4-3-9-14/h5-8,12,15H,3-4,10H2,1-2H3/t12-/m1/s1. The van der Waals surface area contributed by atoms with Crippen molar-refractivity contribution in [1.29, 1.82) is 5.26 Å². The molecule has 1 rings (SSSR count). The summed E-state index contributed by atoms with van der Waals surface area (Å²) in [5.41, 5.74) is 2.59. The van der Waals surface area contributed by atoms with Crippen LogP contribution in [0, 0.1) is 18.3 Å². The highest BCUT2D eigenvalue weighted by Crippen LogP contribution is 2.12. The summed E-state index contributed by atoms with van der Waals surface area (Å²) in [6.45, 7) is 5.15. The average molecular weight is 202 g/mol. The first-order valence-electron chi connectivity index (χ1n) is 5.41. The van der Waals surface area contributed by atoms with Crippen LogP contribution in [0.2, 0.25) is 0 Å². The van der Waals surface area contributed by atoms with Gasteiger partial charge in [0.1, 0.15) is 0 Å². The average Bonchev–Trinajstić information content (AvgIpc) is 2.25. The largest absolute Gasteiger partial charge is 0.310 e. The Labute approximate surface area is 91.9 Å². The van der Waals surface area contributed by atoms with Crippen molar-refractivity contribution >= 4 is 0 Å². The van der Waals surface area contributed by atoms with Gasteiger partial charge in [0.2, 0.25) is 0 Å². The maximum atomic E-state index is 8.40. The van der Waals surface area contributed by atoms with E-state index in [1.165, 1.54) is 11.1 Å². The van der Waals surface area contributed by atoms with E-state index >= 15 is 0 Å². The Morgan fingerprint density at radius 3 is 2.60 bits per heavy atom. The summed E-state index contributed by atoms with van der Waals surface area (Å²) in [4.78, 5) is 0. The molecule has 0 saturated heterocycles. The van der Waals surface area contributed by atoms with Crippen molar-refractivity contribution in [2.45, 2.75) is 32.7 Å². The Bertz CT molecular complexity index is 321. The van der Waals surface area contributed by atoms with Gasteiger partial charge < -0.3 is 5.32 Å². The van der Waals surface area contributed by atoms with Crippen LogP contribution >= 0.6 is 0 Å². The number of benzene rings is 1. The number of hydrogen-bond donors (Lipinski definition) is 1. The molecule has 1 aromatic rings. The number of nitrogens with zero attached hydrogens (tertiary/aromatic N) is 1. The fraction of sp³-hybridized carbons (Fsp3) is 0.462. The van der Waals surface area contributed by atoms with E-state index in [1.807, 2.05) is 0 Å². The zero-order valence-electron chi connectivity index (χ0n) is 9.46. The molecule has 1 atom stereocenters. The first-order valence-corrected chi connectivity index (χ1v) is 5.41. The van der Waals surface area contributed by atoms with Crippen LogP contribution in [0.3, 0.4) is 0 Å². The Hall–Kier alpha value is -1.33. The number of aryl methyl sites for hydroxylation is 1. The van der Waals surface area contributed by atoms with Gasteiger partial charge in [0.25, 0.3) is 0 Å². The maximum absolute atomic E-state index is 8.40. The lowest BCUT2D eigenvalue weighted by Crippen LogP contribution is -2.19. The van der Waals surface area contributed by atoms with Crippen molar-refractivity contribution < 1.29 is 0 Å². The second-order valence-corrected chi connectivity index (χ2v) is 3.85. The van der Waals surface area contributed by atoms with Crippen LogP contribution in [-0.2, 0) is 0 Å². The molecule has 0 aliphatic carbocycles. The number of rotatable bonds is 5. The summed E-state index contributed by atoms with van der Waals surface area (Å²) in [6, 6.07) is 11.1. The third-order valence-electron chi connectivity index (χ3n) is 2.49. The van der Waals surface area contributed by atoms with Crippen LogP contribution in [0.15, 0.2) is 24.3 Å². The van der Waals surface area contributed by atoms with Gasteiger partial charge in [-0.3, -0.25) is 0 Å². The molecule has 2 nitrogen and oxygen atoms in total. The molecule has 0 amide bonds. The fourth-order valence-corrected chi connectivity index (χ4v) is 1.46. The minimum Gasteiger partial charge on any atom is -0.310 e. The van der Waals surface area contributed by atoms with Crippen LogP contribution in [0.5, 0.6) is 0 Å². The summed E-state index contributed by atoms with van der Waals surface area (Å²) in [7, 11) is 0. The molecule has 0 fully saturated rings. The maximum Gasteiger partial charge on any atom is 0.0622 e. The number of hydrogen-bond acceptors (Lipinski definition) is 2. The molecule has 1 aromatic carbocycles. The molecular weight excluding hydrogens is 184 g/mol.